The van der Waals surface area contributed by atoms with E-state index < -0.39 is 17.5 Å². The summed E-state index contributed by atoms with van der Waals surface area (Å²) >= 11 is 0. The maximum absolute atomic E-state index is 13.9. The Balaban J connectivity index is 1.72. The standard InChI is InChI=1S/C18H15F2NO3/c1-10-7-14(22)18-15(6-5-13(20)17(10)18)24-9-16(23)21-12-4-2-3-11(19)8-12/h2-6,8,10H,7,9H2,1H3,(H,21,23)/t10-/m1/s1. The minimum Gasteiger partial charge on any atom is -0.483 e. The van der Waals surface area contributed by atoms with Crippen molar-refractivity contribution in [2.24, 2.45) is 0 Å². The summed E-state index contributed by atoms with van der Waals surface area (Å²) in [6.45, 7) is 1.41. The molecule has 2 aromatic rings. The van der Waals surface area contributed by atoms with Crippen molar-refractivity contribution in [1.29, 1.82) is 0 Å². The van der Waals surface area contributed by atoms with Gasteiger partial charge in [-0.25, -0.2) is 8.78 Å². The van der Waals surface area contributed by atoms with E-state index in [1.54, 1.807) is 13.0 Å². The third kappa shape index (κ3) is 3.13. The van der Waals surface area contributed by atoms with E-state index >= 15 is 0 Å². The molecule has 24 heavy (non-hydrogen) atoms. The molecule has 0 heterocycles. The topological polar surface area (TPSA) is 55.4 Å². The largest absolute Gasteiger partial charge is 0.483 e. The van der Waals surface area contributed by atoms with E-state index in [-0.39, 0.29) is 36.0 Å². The van der Waals surface area contributed by atoms with Crippen molar-refractivity contribution >= 4 is 17.4 Å². The maximum atomic E-state index is 13.9. The Kier molecular flexibility index (Phi) is 4.29. The molecule has 2 aromatic carbocycles. The van der Waals surface area contributed by atoms with Gasteiger partial charge >= 0.3 is 0 Å². The van der Waals surface area contributed by atoms with Gasteiger partial charge in [0.15, 0.2) is 12.4 Å². The van der Waals surface area contributed by atoms with Crippen LogP contribution < -0.4 is 10.1 Å². The fourth-order valence-electron chi connectivity index (χ4n) is 2.85. The Morgan fingerprint density at radius 2 is 2.08 bits per heavy atom. The zero-order chi connectivity index (χ0) is 17.3. The predicted octanol–water partition coefficient (Wildman–Crippen LogP) is 3.67. The van der Waals surface area contributed by atoms with E-state index in [0.717, 1.165) is 0 Å². The minimum absolute atomic E-state index is 0.190. The molecule has 0 bridgehead atoms. The second-order valence-corrected chi connectivity index (χ2v) is 5.71. The lowest BCUT2D eigenvalue weighted by molar-refractivity contribution is -0.118. The van der Waals surface area contributed by atoms with Crippen LogP contribution in [0.1, 0.15) is 35.2 Å². The number of amides is 1. The first-order chi connectivity index (χ1) is 11.5. The van der Waals surface area contributed by atoms with Crippen molar-refractivity contribution < 1.29 is 23.1 Å². The quantitative estimate of drug-likeness (QED) is 0.930. The molecule has 0 spiro atoms. The molecule has 1 atom stereocenters. The molecule has 0 unspecified atom stereocenters. The summed E-state index contributed by atoms with van der Waals surface area (Å²) in [4.78, 5) is 23.9. The molecule has 0 saturated heterocycles. The van der Waals surface area contributed by atoms with Crippen LogP contribution >= 0.6 is 0 Å². The highest BCUT2D eigenvalue weighted by Crippen LogP contribution is 2.39. The third-order valence-electron chi connectivity index (χ3n) is 3.88. The summed E-state index contributed by atoms with van der Waals surface area (Å²) in [7, 11) is 0. The highest BCUT2D eigenvalue weighted by Gasteiger charge is 2.32. The molecule has 0 aromatic heterocycles. The Labute approximate surface area is 137 Å². The molecular weight excluding hydrogens is 316 g/mol. The van der Waals surface area contributed by atoms with E-state index in [1.807, 2.05) is 0 Å². The first-order valence-electron chi connectivity index (χ1n) is 7.49. The van der Waals surface area contributed by atoms with E-state index in [2.05, 4.69) is 5.32 Å². The van der Waals surface area contributed by atoms with Crippen molar-refractivity contribution in [1.82, 2.24) is 0 Å². The summed E-state index contributed by atoms with van der Waals surface area (Å²) in [5.41, 5.74) is 0.849. The van der Waals surface area contributed by atoms with Crippen molar-refractivity contribution in [2.75, 3.05) is 11.9 Å². The van der Waals surface area contributed by atoms with Crippen molar-refractivity contribution in [2.45, 2.75) is 19.3 Å². The van der Waals surface area contributed by atoms with Gasteiger partial charge in [0.25, 0.3) is 5.91 Å². The van der Waals surface area contributed by atoms with Gasteiger partial charge in [0.2, 0.25) is 0 Å². The number of hydrogen-bond donors (Lipinski definition) is 1. The number of benzene rings is 2. The summed E-state index contributed by atoms with van der Waals surface area (Å²) in [6, 6.07) is 8.03. The molecule has 0 radical (unpaired) electrons. The highest BCUT2D eigenvalue weighted by molar-refractivity contribution is 6.04. The van der Waals surface area contributed by atoms with Crippen LogP contribution in [0, 0.1) is 11.6 Å². The lowest BCUT2D eigenvalue weighted by Crippen LogP contribution is -2.20. The van der Waals surface area contributed by atoms with E-state index in [9.17, 15) is 18.4 Å². The fraction of sp³-hybridized carbons (Fsp3) is 0.222. The molecule has 3 rings (SSSR count). The molecule has 1 amide bonds. The number of carbonyl (C=O) groups is 2. The van der Waals surface area contributed by atoms with Crippen LogP contribution in [0.15, 0.2) is 36.4 Å². The highest BCUT2D eigenvalue weighted by atomic mass is 19.1. The molecule has 1 aliphatic rings. The van der Waals surface area contributed by atoms with Crippen LogP contribution in [0.25, 0.3) is 0 Å². The molecule has 0 aliphatic heterocycles. The lowest BCUT2D eigenvalue weighted by atomic mass is 10.0. The average molecular weight is 331 g/mol. The fourth-order valence-corrected chi connectivity index (χ4v) is 2.85. The van der Waals surface area contributed by atoms with Crippen LogP contribution in [0.3, 0.4) is 0 Å². The van der Waals surface area contributed by atoms with Crippen LogP contribution in [0.2, 0.25) is 0 Å². The van der Waals surface area contributed by atoms with E-state index in [1.165, 1.54) is 30.3 Å². The van der Waals surface area contributed by atoms with Gasteiger partial charge in [0, 0.05) is 17.7 Å². The molecule has 124 valence electrons. The summed E-state index contributed by atoms with van der Waals surface area (Å²) in [5.74, 6) is -1.63. The van der Waals surface area contributed by atoms with Gasteiger partial charge in [-0.15, -0.1) is 0 Å². The second-order valence-electron chi connectivity index (χ2n) is 5.71. The number of hydrogen-bond acceptors (Lipinski definition) is 3. The van der Waals surface area contributed by atoms with Gasteiger partial charge in [-0.3, -0.25) is 9.59 Å². The third-order valence-corrected chi connectivity index (χ3v) is 3.88. The van der Waals surface area contributed by atoms with Crippen LogP contribution in [0.5, 0.6) is 5.75 Å². The first-order valence-corrected chi connectivity index (χ1v) is 7.49. The molecule has 6 heteroatoms. The normalized spacial score (nSPS) is 16.0. The van der Waals surface area contributed by atoms with Gasteiger partial charge in [-0.1, -0.05) is 13.0 Å². The Bertz CT molecular complexity index is 820. The summed E-state index contributed by atoms with van der Waals surface area (Å²) in [5, 5.41) is 2.49. The van der Waals surface area contributed by atoms with E-state index in [4.69, 9.17) is 4.74 Å². The molecular formula is C18H15F2NO3. The van der Waals surface area contributed by atoms with Crippen LogP contribution in [-0.4, -0.2) is 18.3 Å². The van der Waals surface area contributed by atoms with Gasteiger partial charge in [-0.2, -0.15) is 0 Å². The molecule has 1 N–H and O–H groups in total. The maximum Gasteiger partial charge on any atom is 0.262 e. The number of nitrogens with one attached hydrogen (secondary N) is 1. The Hall–Kier alpha value is -2.76. The number of Topliss-reactive ketones (excluding diaryl/α,β-unsaturated/α-hetero) is 1. The number of ether oxygens (including phenoxy) is 1. The number of anilines is 1. The smallest absolute Gasteiger partial charge is 0.262 e. The Morgan fingerprint density at radius 3 is 2.83 bits per heavy atom. The second kappa shape index (κ2) is 6.39. The first kappa shape index (κ1) is 16.1. The zero-order valence-electron chi connectivity index (χ0n) is 12.9. The number of halogens is 2. The minimum atomic E-state index is -0.503. The van der Waals surface area contributed by atoms with Crippen LogP contribution in [-0.2, 0) is 4.79 Å². The van der Waals surface area contributed by atoms with Gasteiger partial charge in [0.05, 0.1) is 5.56 Å². The molecule has 1 aliphatic carbocycles. The van der Waals surface area contributed by atoms with Crippen molar-refractivity contribution in [3.05, 3.63) is 59.2 Å². The predicted molar refractivity (Wildman–Crippen MR) is 84.3 cm³/mol. The SMILES string of the molecule is C[C@@H]1CC(=O)c2c(OCC(=O)Nc3cccc(F)c3)ccc(F)c21. The molecule has 0 saturated carbocycles. The molecule has 4 nitrogen and oxygen atoms in total. The monoisotopic (exact) mass is 331 g/mol. The summed E-state index contributed by atoms with van der Waals surface area (Å²) < 4.78 is 32.4. The number of carbonyl (C=O) groups excluding carboxylic acids is 2. The van der Waals surface area contributed by atoms with Gasteiger partial charge in [0.1, 0.15) is 17.4 Å². The van der Waals surface area contributed by atoms with Crippen LogP contribution in [0.4, 0.5) is 14.5 Å². The number of fused-ring (bicyclic) bond motifs is 1. The number of ketones is 1. The van der Waals surface area contributed by atoms with Gasteiger partial charge < -0.3 is 10.1 Å². The van der Waals surface area contributed by atoms with Crippen molar-refractivity contribution in [3.8, 4) is 5.75 Å². The van der Waals surface area contributed by atoms with Crippen molar-refractivity contribution in [3.63, 3.8) is 0 Å². The lowest BCUT2D eigenvalue weighted by Gasteiger charge is -2.12. The Morgan fingerprint density at radius 1 is 1.29 bits per heavy atom. The number of rotatable bonds is 4. The van der Waals surface area contributed by atoms with Gasteiger partial charge in [-0.05, 0) is 36.2 Å². The zero-order valence-corrected chi connectivity index (χ0v) is 12.9. The summed E-state index contributed by atoms with van der Waals surface area (Å²) in [6.07, 6.45) is 0.224. The van der Waals surface area contributed by atoms with E-state index in [0.29, 0.717) is 11.3 Å². The average Bonchev–Trinajstić information content (AvgIpc) is 2.83. The molecule has 0 fully saturated rings.